The number of amides is 1. The predicted molar refractivity (Wildman–Crippen MR) is 67.0 cm³/mol. The van der Waals surface area contributed by atoms with Crippen LogP contribution in [-0.2, 0) is 14.3 Å². The maximum Gasteiger partial charge on any atom is 0.328 e. The number of esters is 1. The molecule has 2 aliphatic heterocycles. The van der Waals surface area contributed by atoms with Gasteiger partial charge in [0.15, 0.2) is 0 Å². The Morgan fingerprint density at radius 1 is 1.33 bits per heavy atom. The average molecular weight is 254 g/mol. The summed E-state index contributed by atoms with van der Waals surface area (Å²) in [5.41, 5.74) is -0.496. The second-order valence-electron chi connectivity index (χ2n) is 5.40. The molecule has 2 fully saturated rings. The third-order valence-corrected chi connectivity index (χ3v) is 4.08. The number of methoxy groups -OCH3 is 1. The lowest BCUT2D eigenvalue weighted by atomic mass is 9.94. The monoisotopic (exact) mass is 254 g/mol. The van der Waals surface area contributed by atoms with Crippen molar-refractivity contribution in [2.24, 2.45) is 0 Å². The van der Waals surface area contributed by atoms with Gasteiger partial charge in [0.1, 0.15) is 6.04 Å². The maximum absolute atomic E-state index is 12.6. The van der Waals surface area contributed by atoms with E-state index in [0.29, 0.717) is 13.0 Å². The van der Waals surface area contributed by atoms with Gasteiger partial charge in [-0.3, -0.25) is 4.79 Å². The first-order valence-corrected chi connectivity index (χ1v) is 6.72. The third-order valence-electron chi connectivity index (χ3n) is 4.08. The number of nitrogens with one attached hydrogen (secondary N) is 1. The molecule has 2 unspecified atom stereocenters. The van der Waals surface area contributed by atoms with Crippen molar-refractivity contribution in [3.63, 3.8) is 0 Å². The molecular weight excluding hydrogens is 232 g/mol. The molecule has 0 saturated carbocycles. The van der Waals surface area contributed by atoms with Crippen LogP contribution in [0.25, 0.3) is 0 Å². The molecule has 0 bridgehead atoms. The first-order chi connectivity index (χ1) is 8.58. The van der Waals surface area contributed by atoms with Gasteiger partial charge in [-0.25, -0.2) is 4.79 Å². The van der Waals surface area contributed by atoms with Crippen molar-refractivity contribution in [1.29, 1.82) is 0 Å². The van der Waals surface area contributed by atoms with Gasteiger partial charge in [0.25, 0.3) is 0 Å². The van der Waals surface area contributed by atoms with Gasteiger partial charge >= 0.3 is 5.97 Å². The smallest absolute Gasteiger partial charge is 0.328 e. The van der Waals surface area contributed by atoms with Gasteiger partial charge in [-0.05, 0) is 45.6 Å². The topological polar surface area (TPSA) is 58.6 Å². The first kappa shape index (κ1) is 13.3. The quantitative estimate of drug-likeness (QED) is 0.736. The lowest BCUT2D eigenvalue weighted by Gasteiger charge is -2.38. The van der Waals surface area contributed by atoms with Gasteiger partial charge in [0, 0.05) is 6.54 Å². The summed E-state index contributed by atoms with van der Waals surface area (Å²) in [5.74, 6) is -0.236. The van der Waals surface area contributed by atoms with Gasteiger partial charge in [0.2, 0.25) is 5.91 Å². The van der Waals surface area contributed by atoms with Crippen molar-refractivity contribution in [1.82, 2.24) is 10.2 Å². The van der Waals surface area contributed by atoms with Crippen LogP contribution in [0, 0.1) is 0 Å². The Kier molecular flexibility index (Phi) is 3.90. The van der Waals surface area contributed by atoms with Crippen LogP contribution in [0.1, 0.15) is 39.0 Å². The highest BCUT2D eigenvalue weighted by Gasteiger charge is 2.43. The predicted octanol–water partition coefficient (Wildman–Crippen LogP) is 0.683. The number of hydrogen-bond donors (Lipinski definition) is 1. The third kappa shape index (κ3) is 2.36. The molecule has 0 aromatic rings. The fourth-order valence-corrected chi connectivity index (χ4v) is 2.95. The Bertz CT molecular complexity index is 337. The number of likely N-dealkylation sites (tertiary alicyclic amines) is 1. The minimum absolute atomic E-state index is 0.0510. The molecule has 2 saturated heterocycles. The summed E-state index contributed by atoms with van der Waals surface area (Å²) < 4.78 is 4.81. The Balaban J connectivity index is 2.13. The summed E-state index contributed by atoms with van der Waals surface area (Å²) in [7, 11) is 1.38. The fraction of sp³-hybridized carbons (Fsp3) is 0.846. The lowest BCUT2D eigenvalue weighted by molar-refractivity contribution is -0.157. The Hall–Kier alpha value is -1.10. The van der Waals surface area contributed by atoms with Crippen molar-refractivity contribution >= 4 is 11.9 Å². The second-order valence-corrected chi connectivity index (χ2v) is 5.40. The highest BCUT2D eigenvalue weighted by molar-refractivity contribution is 5.90. The second kappa shape index (κ2) is 5.26. The van der Waals surface area contributed by atoms with Crippen LogP contribution in [0.5, 0.6) is 0 Å². The molecule has 0 aromatic carbocycles. The van der Waals surface area contributed by atoms with Crippen molar-refractivity contribution < 1.29 is 14.3 Å². The van der Waals surface area contributed by atoms with E-state index in [1.54, 1.807) is 4.90 Å². The molecule has 102 valence electrons. The normalized spacial score (nSPS) is 32.3. The molecule has 18 heavy (non-hydrogen) atoms. The molecule has 0 radical (unpaired) electrons. The highest BCUT2D eigenvalue weighted by atomic mass is 16.5. The van der Waals surface area contributed by atoms with Crippen LogP contribution in [0.2, 0.25) is 0 Å². The van der Waals surface area contributed by atoms with E-state index in [0.717, 1.165) is 32.2 Å². The number of carbonyl (C=O) groups is 2. The van der Waals surface area contributed by atoms with Crippen LogP contribution in [0.3, 0.4) is 0 Å². The number of piperidine rings is 1. The summed E-state index contributed by atoms with van der Waals surface area (Å²) in [5, 5.41) is 3.26. The van der Waals surface area contributed by atoms with Crippen molar-refractivity contribution in [3.05, 3.63) is 0 Å². The summed E-state index contributed by atoms with van der Waals surface area (Å²) >= 11 is 0. The molecule has 2 aliphatic rings. The Labute approximate surface area is 108 Å². The molecule has 0 spiro atoms. The van der Waals surface area contributed by atoms with Crippen LogP contribution in [0.15, 0.2) is 0 Å². The zero-order valence-corrected chi connectivity index (χ0v) is 11.2. The van der Waals surface area contributed by atoms with E-state index in [2.05, 4.69) is 5.32 Å². The lowest BCUT2D eigenvalue weighted by Crippen LogP contribution is -2.58. The largest absolute Gasteiger partial charge is 0.467 e. The zero-order valence-electron chi connectivity index (χ0n) is 11.2. The molecule has 2 atom stereocenters. The van der Waals surface area contributed by atoms with E-state index in [-0.39, 0.29) is 11.9 Å². The van der Waals surface area contributed by atoms with Gasteiger partial charge in [-0.1, -0.05) is 0 Å². The van der Waals surface area contributed by atoms with E-state index in [1.807, 2.05) is 6.92 Å². The van der Waals surface area contributed by atoms with E-state index < -0.39 is 11.6 Å². The molecule has 5 nitrogen and oxygen atoms in total. The van der Waals surface area contributed by atoms with Crippen LogP contribution in [-0.4, -0.2) is 48.6 Å². The Morgan fingerprint density at radius 2 is 2.11 bits per heavy atom. The van der Waals surface area contributed by atoms with E-state index in [4.69, 9.17) is 4.74 Å². The van der Waals surface area contributed by atoms with Crippen LogP contribution in [0.4, 0.5) is 0 Å². The molecule has 0 aliphatic carbocycles. The van der Waals surface area contributed by atoms with Crippen molar-refractivity contribution in [3.8, 4) is 0 Å². The summed E-state index contributed by atoms with van der Waals surface area (Å²) in [6.07, 6.45) is 4.52. The molecule has 2 heterocycles. The van der Waals surface area contributed by atoms with E-state index in [9.17, 15) is 9.59 Å². The minimum atomic E-state index is -0.496. The van der Waals surface area contributed by atoms with E-state index >= 15 is 0 Å². The summed E-state index contributed by atoms with van der Waals surface area (Å²) in [6, 6.07) is -0.393. The van der Waals surface area contributed by atoms with Crippen molar-refractivity contribution in [2.75, 3.05) is 20.2 Å². The first-order valence-electron chi connectivity index (χ1n) is 6.72. The zero-order chi connectivity index (χ0) is 13.2. The molecule has 2 rings (SSSR count). The standard InChI is InChI=1S/C13H22N2O3/c1-13(7-5-8-14-13)12(17)15-9-4-3-6-10(15)11(16)18-2/h10,14H,3-9H2,1-2H3. The fourth-order valence-electron chi connectivity index (χ4n) is 2.95. The Morgan fingerprint density at radius 3 is 2.72 bits per heavy atom. The van der Waals surface area contributed by atoms with Crippen LogP contribution < -0.4 is 5.32 Å². The van der Waals surface area contributed by atoms with Crippen LogP contribution >= 0.6 is 0 Å². The minimum Gasteiger partial charge on any atom is -0.467 e. The van der Waals surface area contributed by atoms with Crippen molar-refractivity contribution in [2.45, 2.75) is 50.6 Å². The SMILES string of the molecule is COC(=O)C1CCCCN1C(=O)C1(C)CCCN1. The summed E-state index contributed by atoms with van der Waals surface area (Å²) in [6.45, 7) is 3.47. The summed E-state index contributed by atoms with van der Waals surface area (Å²) in [4.78, 5) is 26.1. The molecule has 0 aromatic heterocycles. The van der Waals surface area contributed by atoms with Gasteiger partial charge < -0.3 is 15.0 Å². The van der Waals surface area contributed by atoms with Gasteiger partial charge in [0.05, 0.1) is 12.6 Å². The number of carbonyl (C=O) groups excluding carboxylic acids is 2. The molecule has 1 amide bonds. The molecular formula is C13H22N2O3. The molecule has 5 heteroatoms. The number of hydrogen-bond acceptors (Lipinski definition) is 4. The average Bonchev–Trinajstić information content (AvgIpc) is 2.85. The number of nitrogens with zero attached hydrogens (tertiary/aromatic N) is 1. The van der Waals surface area contributed by atoms with Gasteiger partial charge in [-0.15, -0.1) is 0 Å². The maximum atomic E-state index is 12.6. The molecule has 1 N–H and O–H groups in total. The van der Waals surface area contributed by atoms with Gasteiger partial charge in [-0.2, -0.15) is 0 Å². The number of ether oxygens (including phenoxy) is 1. The number of rotatable bonds is 2. The van der Waals surface area contributed by atoms with E-state index in [1.165, 1.54) is 7.11 Å². The highest BCUT2D eigenvalue weighted by Crippen LogP contribution is 2.26.